The number of rotatable bonds is 3. The summed E-state index contributed by atoms with van der Waals surface area (Å²) in [5, 5.41) is 18.5. The minimum absolute atomic E-state index is 0.109. The molecular formula is C10H13NO2. The fourth-order valence-electron chi connectivity index (χ4n) is 0.945. The van der Waals surface area contributed by atoms with Gasteiger partial charge in [0.25, 0.3) is 0 Å². The molecule has 0 aromatic heterocycles. The highest BCUT2D eigenvalue weighted by Crippen LogP contribution is 2.26. The molecule has 1 aromatic rings. The Morgan fingerprint density at radius 2 is 2.15 bits per heavy atom. The molecule has 0 fully saturated rings. The summed E-state index contributed by atoms with van der Waals surface area (Å²) in [7, 11) is 0. The average molecular weight is 179 g/mol. The Bertz CT molecular complexity index is 308. The molecular weight excluding hydrogens is 166 g/mol. The summed E-state index contributed by atoms with van der Waals surface area (Å²) in [5.74, 6) is -0.220. The minimum Gasteiger partial charge on any atom is -0.504 e. The van der Waals surface area contributed by atoms with E-state index in [9.17, 15) is 5.11 Å². The monoisotopic (exact) mass is 179 g/mol. The van der Waals surface area contributed by atoms with Crippen molar-refractivity contribution in [3.05, 3.63) is 23.8 Å². The van der Waals surface area contributed by atoms with Gasteiger partial charge in [0.15, 0.2) is 11.5 Å². The molecule has 0 atom stereocenters. The van der Waals surface area contributed by atoms with Gasteiger partial charge in [0.1, 0.15) is 0 Å². The highest BCUT2D eigenvalue weighted by molar-refractivity contribution is 5.84. The number of nitrogens with zero attached hydrogens (tertiary/aromatic N) is 1. The Labute approximate surface area is 77.4 Å². The normalized spacial score (nSPS) is 10.8. The van der Waals surface area contributed by atoms with Crippen LogP contribution in [0.1, 0.15) is 18.9 Å². The number of hydrogen-bond donors (Lipinski definition) is 2. The van der Waals surface area contributed by atoms with Crippen LogP contribution >= 0.6 is 0 Å². The van der Waals surface area contributed by atoms with Crippen molar-refractivity contribution < 1.29 is 10.2 Å². The van der Waals surface area contributed by atoms with Crippen LogP contribution in [-0.4, -0.2) is 23.0 Å². The quantitative estimate of drug-likeness (QED) is 0.550. The molecule has 0 saturated heterocycles. The van der Waals surface area contributed by atoms with Gasteiger partial charge in [0.05, 0.1) is 0 Å². The SMILES string of the molecule is CCCN=Cc1cccc(O)c1O. The van der Waals surface area contributed by atoms with Crippen LogP contribution in [-0.2, 0) is 0 Å². The summed E-state index contributed by atoms with van der Waals surface area (Å²) in [4.78, 5) is 4.07. The molecule has 0 aliphatic carbocycles. The molecule has 13 heavy (non-hydrogen) atoms. The predicted molar refractivity (Wildman–Crippen MR) is 52.5 cm³/mol. The van der Waals surface area contributed by atoms with Crippen LogP contribution < -0.4 is 0 Å². The van der Waals surface area contributed by atoms with Crippen LogP contribution in [0.5, 0.6) is 11.5 Å². The molecule has 3 heteroatoms. The average Bonchev–Trinajstić information content (AvgIpc) is 2.13. The number of para-hydroxylation sites is 1. The lowest BCUT2D eigenvalue weighted by Crippen LogP contribution is -1.84. The molecule has 0 unspecified atom stereocenters. The number of benzene rings is 1. The van der Waals surface area contributed by atoms with Crippen LogP contribution in [0.4, 0.5) is 0 Å². The van der Waals surface area contributed by atoms with Gasteiger partial charge in [-0.05, 0) is 18.6 Å². The van der Waals surface area contributed by atoms with Gasteiger partial charge in [0.2, 0.25) is 0 Å². The molecule has 0 heterocycles. The van der Waals surface area contributed by atoms with Crippen LogP contribution in [0.25, 0.3) is 0 Å². The van der Waals surface area contributed by atoms with Gasteiger partial charge in [-0.3, -0.25) is 4.99 Å². The van der Waals surface area contributed by atoms with Gasteiger partial charge in [0, 0.05) is 18.3 Å². The highest BCUT2D eigenvalue weighted by atomic mass is 16.3. The van der Waals surface area contributed by atoms with Crippen molar-refractivity contribution in [2.75, 3.05) is 6.54 Å². The van der Waals surface area contributed by atoms with E-state index in [1.54, 1.807) is 18.3 Å². The number of aromatic hydroxyl groups is 2. The third-order valence-electron chi connectivity index (χ3n) is 1.63. The topological polar surface area (TPSA) is 52.8 Å². The second-order valence-electron chi connectivity index (χ2n) is 2.75. The smallest absolute Gasteiger partial charge is 0.166 e. The molecule has 0 spiro atoms. The summed E-state index contributed by atoms with van der Waals surface area (Å²) in [6, 6.07) is 4.81. The maximum absolute atomic E-state index is 9.36. The van der Waals surface area contributed by atoms with Crippen molar-refractivity contribution in [1.82, 2.24) is 0 Å². The minimum atomic E-state index is -0.111. The lowest BCUT2D eigenvalue weighted by atomic mass is 10.2. The summed E-state index contributed by atoms with van der Waals surface area (Å²) in [6.45, 7) is 2.76. The second kappa shape index (κ2) is 4.50. The first-order chi connectivity index (χ1) is 6.25. The Hall–Kier alpha value is -1.51. The van der Waals surface area contributed by atoms with E-state index in [4.69, 9.17) is 5.11 Å². The van der Waals surface area contributed by atoms with E-state index in [-0.39, 0.29) is 11.5 Å². The maximum atomic E-state index is 9.36. The van der Waals surface area contributed by atoms with E-state index in [1.807, 2.05) is 6.92 Å². The predicted octanol–water partition coefficient (Wildman–Crippen LogP) is 1.93. The molecule has 0 saturated carbocycles. The Morgan fingerprint density at radius 3 is 2.85 bits per heavy atom. The molecule has 0 amide bonds. The Kier molecular flexibility index (Phi) is 3.31. The van der Waals surface area contributed by atoms with E-state index in [0.717, 1.165) is 13.0 Å². The van der Waals surface area contributed by atoms with E-state index in [0.29, 0.717) is 5.56 Å². The first-order valence-corrected chi connectivity index (χ1v) is 4.26. The molecule has 0 radical (unpaired) electrons. The van der Waals surface area contributed by atoms with Gasteiger partial charge < -0.3 is 10.2 Å². The molecule has 2 N–H and O–H groups in total. The first-order valence-electron chi connectivity index (χ1n) is 4.26. The fraction of sp³-hybridized carbons (Fsp3) is 0.300. The van der Waals surface area contributed by atoms with Crippen LogP contribution in [0.3, 0.4) is 0 Å². The third kappa shape index (κ3) is 2.47. The van der Waals surface area contributed by atoms with Crippen molar-refractivity contribution in [3.8, 4) is 11.5 Å². The van der Waals surface area contributed by atoms with E-state index >= 15 is 0 Å². The van der Waals surface area contributed by atoms with Crippen molar-refractivity contribution in [2.24, 2.45) is 4.99 Å². The largest absolute Gasteiger partial charge is 0.504 e. The second-order valence-corrected chi connectivity index (χ2v) is 2.75. The highest BCUT2D eigenvalue weighted by Gasteiger charge is 2.01. The van der Waals surface area contributed by atoms with E-state index in [1.165, 1.54) is 6.07 Å². The van der Waals surface area contributed by atoms with Crippen molar-refractivity contribution >= 4 is 6.21 Å². The van der Waals surface area contributed by atoms with Crippen molar-refractivity contribution in [3.63, 3.8) is 0 Å². The van der Waals surface area contributed by atoms with Gasteiger partial charge in [-0.1, -0.05) is 13.0 Å². The first kappa shape index (κ1) is 9.58. The molecule has 3 nitrogen and oxygen atoms in total. The zero-order chi connectivity index (χ0) is 9.68. The van der Waals surface area contributed by atoms with Crippen LogP contribution in [0.15, 0.2) is 23.2 Å². The van der Waals surface area contributed by atoms with Gasteiger partial charge in [-0.15, -0.1) is 0 Å². The number of hydrogen-bond acceptors (Lipinski definition) is 3. The van der Waals surface area contributed by atoms with Gasteiger partial charge in [-0.2, -0.15) is 0 Å². The summed E-state index contributed by atoms with van der Waals surface area (Å²) >= 11 is 0. The van der Waals surface area contributed by atoms with Gasteiger partial charge in [-0.25, -0.2) is 0 Å². The number of phenols is 2. The number of aliphatic imine (C=N–C) groups is 1. The fourth-order valence-corrected chi connectivity index (χ4v) is 0.945. The van der Waals surface area contributed by atoms with Crippen LogP contribution in [0.2, 0.25) is 0 Å². The van der Waals surface area contributed by atoms with Gasteiger partial charge >= 0.3 is 0 Å². The summed E-state index contributed by atoms with van der Waals surface area (Å²) in [6.07, 6.45) is 2.54. The van der Waals surface area contributed by atoms with Crippen molar-refractivity contribution in [1.29, 1.82) is 0 Å². The summed E-state index contributed by atoms with van der Waals surface area (Å²) < 4.78 is 0. The Balaban J connectivity index is 2.83. The lowest BCUT2D eigenvalue weighted by molar-refractivity contribution is 0.403. The zero-order valence-electron chi connectivity index (χ0n) is 7.57. The molecule has 70 valence electrons. The molecule has 1 rings (SSSR count). The lowest BCUT2D eigenvalue weighted by Gasteiger charge is -1.99. The third-order valence-corrected chi connectivity index (χ3v) is 1.63. The zero-order valence-corrected chi connectivity index (χ0v) is 7.57. The molecule has 0 aliphatic heterocycles. The molecule has 1 aromatic carbocycles. The number of phenolic OH excluding ortho intramolecular Hbond substituents is 2. The van der Waals surface area contributed by atoms with E-state index < -0.39 is 0 Å². The maximum Gasteiger partial charge on any atom is 0.166 e. The molecule has 0 aliphatic rings. The summed E-state index contributed by atoms with van der Waals surface area (Å²) in [5.41, 5.74) is 0.549. The molecule has 0 bridgehead atoms. The van der Waals surface area contributed by atoms with Crippen LogP contribution in [0, 0.1) is 0 Å². The van der Waals surface area contributed by atoms with E-state index in [2.05, 4.69) is 4.99 Å². The Morgan fingerprint density at radius 1 is 1.38 bits per heavy atom. The standard InChI is InChI=1S/C10H13NO2/c1-2-6-11-7-8-4-3-5-9(12)10(8)13/h3-5,7,12-13H,2,6H2,1H3. The van der Waals surface area contributed by atoms with Crippen molar-refractivity contribution in [2.45, 2.75) is 13.3 Å².